The molecule has 2 aromatic rings. The maximum atomic E-state index is 12.5. The third-order valence-corrected chi connectivity index (χ3v) is 4.33. The third kappa shape index (κ3) is 3.21. The number of rotatable bonds is 4. The highest BCUT2D eigenvalue weighted by atomic mass is 16.6. The van der Waals surface area contributed by atoms with Gasteiger partial charge in [0.1, 0.15) is 6.04 Å². The molecular formula is C18H17N3O4. The maximum absolute atomic E-state index is 12.5. The minimum Gasteiger partial charge on any atom is -0.340 e. The van der Waals surface area contributed by atoms with Gasteiger partial charge in [0.2, 0.25) is 5.91 Å². The van der Waals surface area contributed by atoms with Gasteiger partial charge in [0, 0.05) is 29.4 Å². The number of hydrogen-bond donors (Lipinski definition) is 1. The van der Waals surface area contributed by atoms with E-state index in [2.05, 4.69) is 5.32 Å². The number of amides is 2. The zero-order valence-corrected chi connectivity index (χ0v) is 13.6. The Bertz CT molecular complexity index is 835. The lowest BCUT2D eigenvalue weighted by Crippen LogP contribution is -2.41. The fourth-order valence-electron chi connectivity index (χ4n) is 2.98. The minimum absolute atomic E-state index is 0.115. The fraction of sp³-hybridized carbons (Fsp3) is 0.222. The molecule has 1 aliphatic rings. The van der Waals surface area contributed by atoms with Gasteiger partial charge in [-0.1, -0.05) is 24.3 Å². The van der Waals surface area contributed by atoms with Crippen molar-refractivity contribution in [2.75, 3.05) is 11.4 Å². The molecule has 7 heteroatoms. The summed E-state index contributed by atoms with van der Waals surface area (Å²) in [6.07, 6.45) is 0.493. The van der Waals surface area contributed by atoms with Crippen molar-refractivity contribution in [3.8, 4) is 0 Å². The number of nitro groups is 1. The first-order valence-corrected chi connectivity index (χ1v) is 7.90. The zero-order chi connectivity index (χ0) is 18.0. The molecule has 0 radical (unpaired) electrons. The van der Waals surface area contributed by atoms with Crippen LogP contribution in [0.25, 0.3) is 0 Å². The Morgan fingerprint density at radius 3 is 2.60 bits per heavy atom. The molecule has 1 N–H and O–H groups in total. The average molecular weight is 339 g/mol. The van der Waals surface area contributed by atoms with E-state index in [-0.39, 0.29) is 22.7 Å². The van der Waals surface area contributed by atoms with Crippen LogP contribution in [-0.4, -0.2) is 29.3 Å². The number of nitrogens with one attached hydrogen (secondary N) is 1. The molecule has 2 amide bonds. The van der Waals surface area contributed by atoms with Gasteiger partial charge >= 0.3 is 0 Å². The molecule has 1 fully saturated rings. The molecule has 3 rings (SSSR count). The second-order valence-corrected chi connectivity index (χ2v) is 5.85. The van der Waals surface area contributed by atoms with E-state index in [1.54, 1.807) is 4.90 Å². The van der Waals surface area contributed by atoms with Crippen LogP contribution in [0, 0.1) is 17.0 Å². The van der Waals surface area contributed by atoms with Gasteiger partial charge < -0.3 is 10.2 Å². The van der Waals surface area contributed by atoms with Gasteiger partial charge in [0.15, 0.2) is 0 Å². The Balaban J connectivity index is 1.75. The Morgan fingerprint density at radius 2 is 1.92 bits per heavy atom. The van der Waals surface area contributed by atoms with Crippen molar-refractivity contribution in [2.24, 2.45) is 0 Å². The predicted molar refractivity (Wildman–Crippen MR) is 92.5 cm³/mol. The molecule has 25 heavy (non-hydrogen) atoms. The van der Waals surface area contributed by atoms with E-state index in [0.29, 0.717) is 13.0 Å². The van der Waals surface area contributed by atoms with Crippen LogP contribution in [0.3, 0.4) is 0 Å². The van der Waals surface area contributed by atoms with Gasteiger partial charge in [0.25, 0.3) is 11.6 Å². The summed E-state index contributed by atoms with van der Waals surface area (Å²) in [5.41, 5.74) is 1.17. The van der Waals surface area contributed by atoms with E-state index in [1.807, 2.05) is 30.3 Å². The Morgan fingerprint density at radius 1 is 1.20 bits per heavy atom. The molecule has 0 bridgehead atoms. The molecule has 0 aromatic heterocycles. The Hall–Kier alpha value is -3.22. The first-order chi connectivity index (χ1) is 12.0. The van der Waals surface area contributed by atoms with E-state index in [4.69, 9.17) is 0 Å². The number of carbonyl (C=O) groups is 2. The quantitative estimate of drug-likeness (QED) is 0.684. The summed E-state index contributed by atoms with van der Waals surface area (Å²) < 4.78 is 0. The number of hydrogen-bond acceptors (Lipinski definition) is 4. The van der Waals surface area contributed by atoms with Gasteiger partial charge in [-0.05, 0) is 31.5 Å². The molecule has 2 aromatic carbocycles. The third-order valence-electron chi connectivity index (χ3n) is 4.33. The zero-order valence-electron chi connectivity index (χ0n) is 13.6. The molecule has 0 aliphatic carbocycles. The first-order valence-electron chi connectivity index (χ1n) is 7.90. The van der Waals surface area contributed by atoms with Crippen molar-refractivity contribution >= 4 is 23.2 Å². The molecule has 1 atom stereocenters. The normalized spacial score (nSPS) is 16.8. The van der Waals surface area contributed by atoms with E-state index in [9.17, 15) is 19.7 Å². The number of benzene rings is 2. The molecule has 128 valence electrons. The van der Waals surface area contributed by atoms with Crippen LogP contribution in [0.1, 0.15) is 22.3 Å². The van der Waals surface area contributed by atoms with Crippen molar-refractivity contribution in [1.82, 2.24) is 5.32 Å². The Kier molecular flexibility index (Phi) is 4.47. The van der Waals surface area contributed by atoms with Crippen LogP contribution in [0.2, 0.25) is 0 Å². The molecular weight excluding hydrogens is 322 g/mol. The SMILES string of the molecule is Cc1c(C(=O)N[C@H]2CCN(c3ccccc3)C2=O)cccc1[N+](=O)[O-]. The molecule has 7 nitrogen and oxygen atoms in total. The number of para-hydroxylation sites is 1. The molecule has 1 heterocycles. The number of nitro benzene ring substituents is 1. The van der Waals surface area contributed by atoms with Crippen molar-refractivity contribution in [1.29, 1.82) is 0 Å². The first kappa shape index (κ1) is 16.6. The van der Waals surface area contributed by atoms with Crippen LogP contribution in [0.4, 0.5) is 11.4 Å². The lowest BCUT2D eigenvalue weighted by molar-refractivity contribution is -0.385. The predicted octanol–water partition coefficient (Wildman–Crippen LogP) is 2.44. The summed E-state index contributed by atoms with van der Waals surface area (Å²) in [7, 11) is 0. The molecule has 0 spiro atoms. The summed E-state index contributed by atoms with van der Waals surface area (Å²) in [5.74, 6) is -0.655. The molecule has 1 aliphatic heterocycles. The smallest absolute Gasteiger partial charge is 0.273 e. The minimum atomic E-state index is -0.633. The van der Waals surface area contributed by atoms with Crippen LogP contribution < -0.4 is 10.2 Å². The van der Waals surface area contributed by atoms with Crippen molar-refractivity contribution in [2.45, 2.75) is 19.4 Å². The Labute approximate surface area is 144 Å². The lowest BCUT2D eigenvalue weighted by Gasteiger charge is -2.17. The van der Waals surface area contributed by atoms with Crippen molar-refractivity contribution in [3.05, 3.63) is 69.8 Å². The van der Waals surface area contributed by atoms with Gasteiger partial charge in [-0.3, -0.25) is 19.7 Å². The second kappa shape index (κ2) is 6.72. The van der Waals surface area contributed by atoms with Gasteiger partial charge in [0.05, 0.1) is 4.92 Å². The summed E-state index contributed by atoms with van der Waals surface area (Å²) in [5, 5.41) is 13.7. The van der Waals surface area contributed by atoms with Gasteiger partial charge in [-0.2, -0.15) is 0 Å². The topological polar surface area (TPSA) is 92.6 Å². The van der Waals surface area contributed by atoms with Crippen LogP contribution in [-0.2, 0) is 4.79 Å². The monoisotopic (exact) mass is 339 g/mol. The largest absolute Gasteiger partial charge is 0.340 e. The number of anilines is 1. The standard InChI is InChI=1S/C18H17N3O4/c1-12-14(8-5-9-16(12)21(24)25)17(22)19-15-10-11-20(18(15)23)13-6-3-2-4-7-13/h2-9,15H,10-11H2,1H3,(H,19,22)/t15-/m0/s1. The van der Waals surface area contributed by atoms with Crippen molar-refractivity contribution < 1.29 is 14.5 Å². The number of nitrogens with zero attached hydrogens (tertiary/aromatic N) is 2. The van der Waals surface area contributed by atoms with Gasteiger partial charge in [-0.15, -0.1) is 0 Å². The highest BCUT2D eigenvalue weighted by molar-refractivity contribution is 6.04. The van der Waals surface area contributed by atoms with E-state index in [0.717, 1.165) is 5.69 Å². The summed E-state index contributed by atoms with van der Waals surface area (Å²) in [4.78, 5) is 37.1. The molecule has 1 saturated heterocycles. The van der Waals surface area contributed by atoms with Crippen LogP contribution in [0.5, 0.6) is 0 Å². The summed E-state index contributed by atoms with van der Waals surface area (Å²) >= 11 is 0. The van der Waals surface area contributed by atoms with Crippen LogP contribution >= 0.6 is 0 Å². The molecule has 0 unspecified atom stereocenters. The van der Waals surface area contributed by atoms with E-state index < -0.39 is 16.9 Å². The fourth-order valence-corrected chi connectivity index (χ4v) is 2.98. The van der Waals surface area contributed by atoms with Crippen molar-refractivity contribution in [3.63, 3.8) is 0 Å². The maximum Gasteiger partial charge on any atom is 0.273 e. The lowest BCUT2D eigenvalue weighted by atomic mass is 10.1. The number of carbonyl (C=O) groups excluding carboxylic acids is 2. The average Bonchev–Trinajstić information content (AvgIpc) is 2.96. The van der Waals surface area contributed by atoms with Crippen LogP contribution in [0.15, 0.2) is 48.5 Å². The van der Waals surface area contributed by atoms with E-state index in [1.165, 1.54) is 25.1 Å². The highest BCUT2D eigenvalue weighted by Gasteiger charge is 2.34. The summed E-state index contributed by atoms with van der Waals surface area (Å²) in [6.45, 7) is 2.04. The van der Waals surface area contributed by atoms with Gasteiger partial charge in [-0.25, -0.2) is 0 Å². The summed E-state index contributed by atoms with van der Waals surface area (Å²) in [6, 6.07) is 12.9. The second-order valence-electron chi connectivity index (χ2n) is 5.85. The van der Waals surface area contributed by atoms with E-state index >= 15 is 0 Å². The molecule has 0 saturated carbocycles. The highest BCUT2D eigenvalue weighted by Crippen LogP contribution is 2.23.